The monoisotopic (exact) mass is 396 g/mol. The fraction of sp³-hybridized carbons (Fsp3) is 0.381. The maximum Gasteiger partial charge on any atom is 0.326 e. The molecule has 3 amide bonds. The molecule has 3 aliphatic rings. The second kappa shape index (κ2) is 7.27. The summed E-state index contributed by atoms with van der Waals surface area (Å²) in [4.78, 5) is 63.4. The van der Waals surface area contributed by atoms with Gasteiger partial charge in [-0.2, -0.15) is 0 Å². The minimum atomic E-state index is -0.803. The molecule has 0 spiro atoms. The predicted octanol–water partition coefficient (Wildman–Crippen LogP) is 0.883. The summed E-state index contributed by atoms with van der Waals surface area (Å²) in [6.07, 6.45) is 4.96. The summed E-state index contributed by atoms with van der Waals surface area (Å²) < 4.78 is 5.00. The Labute approximate surface area is 167 Å². The summed E-state index contributed by atoms with van der Waals surface area (Å²) in [6, 6.07) is 4.89. The van der Waals surface area contributed by atoms with Gasteiger partial charge in [-0.05, 0) is 36.6 Å². The van der Waals surface area contributed by atoms with Crippen LogP contribution in [0.3, 0.4) is 0 Å². The van der Waals surface area contributed by atoms with Crippen LogP contribution < -0.4 is 4.90 Å². The minimum Gasteiger partial charge on any atom is -0.456 e. The molecule has 0 radical (unpaired) electrons. The Balaban J connectivity index is 1.34. The molecule has 8 heteroatoms. The molecule has 1 fully saturated rings. The molecule has 150 valence electrons. The number of ether oxygens (including phenoxy) is 1. The third kappa shape index (κ3) is 3.35. The summed E-state index contributed by atoms with van der Waals surface area (Å²) in [5.74, 6) is -2.81. The first kappa shape index (κ1) is 19.0. The Morgan fingerprint density at radius 1 is 1.07 bits per heavy atom. The molecule has 29 heavy (non-hydrogen) atoms. The number of fused-ring (bicyclic) bond motifs is 2. The zero-order valence-electron chi connectivity index (χ0n) is 15.9. The first-order valence-corrected chi connectivity index (χ1v) is 9.45. The van der Waals surface area contributed by atoms with Crippen molar-refractivity contribution in [3.63, 3.8) is 0 Å². The van der Waals surface area contributed by atoms with Crippen molar-refractivity contribution in [1.82, 2.24) is 4.90 Å². The van der Waals surface area contributed by atoms with Crippen LogP contribution in [-0.2, 0) is 30.3 Å². The van der Waals surface area contributed by atoms with E-state index < -0.39 is 36.7 Å². The fourth-order valence-corrected chi connectivity index (χ4v) is 4.07. The highest BCUT2D eigenvalue weighted by molar-refractivity contribution is 6.07. The number of hydrogen-bond acceptors (Lipinski definition) is 6. The molecule has 0 N–H and O–H groups in total. The second-order valence-electron chi connectivity index (χ2n) is 7.48. The quantitative estimate of drug-likeness (QED) is 0.317. The van der Waals surface area contributed by atoms with Gasteiger partial charge in [0.25, 0.3) is 0 Å². The smallest absolute Gasteiger partial charge is 0.326 e. The Morgan fingerprint density at radius 3 is 2.38 bits per heavy atom. The molecule has 1 saturated heterocycles. The third-order valence-electron chi connectivity index (χ3n) is 5.73. The SMILES string of the molecule is CN1C(=O)Cc2cc(C(=O)COC(=O)CN3C(=O)[C@@H]4CC=CC[C@H]4C3=O)ccc21. The molecule has 1 aromatic rings. The molecule has 0 aromatic heterocycles. The van der Waals surface area contributed by atoms with Gasteiger partial charge in [-0.1, -0.05) is 12.2 Å². The van der Waals surface area contributed by atoms with Gasteiger partial charge in [0, 0.05) is 18.3 Å². The predicted molar refractivity (Wildman–Crippen MR) is 101 cm³/mol. The number of allylic oxidation sites excluding steroid dienone is 2. The molecule has 4 rings (SSSR count). The van der Waals surface area contributed by atoms with Crippen molar-refractivity contribution in [3.05, 3.63) is 41.5 Å². The lowest BCUT2D eigenvalue weighted by Crippen LogP contribution is -2.37. The Morgan fingerprint density at radius 2 is 1.72 bits per heavy atom. The van der Waals surface area contributed by atoms with Crippen LogP contribution in [-0.4, -0.2) is 54.6 Å². The highest BCUT2D eigenvalue weighted by Crippen LogP contribution is 2.35. The van der Waals surface area contributed by atoms with E-state index in [9.17, 15) is 24.0 Å². The van der Waals surface area contributed by atoms with E-state index in [0.29, 0.717) is 18.4 Å². The van der Waals surface area contributed by atoms with E-state index in [2.05, 4.69) is 0 Å². The first-order valence-electron chi connectivity index (χ1n) is 9.45. The van der Waals surface area contributed by atoms with Crippen LogP contribution in [0.1, 0.15) is 28.8 Å². The maximum absolute atomic E-state index is 12.4. The van der Waals surface area contributed by atoms with Crippen molar-refractivity contribution >= 4 is 35.2 Å². The van der Waals surface area contributed by atoms with Crippen LogP contribution in [0.25, 0.3) is 0 Å². The Hall–Kier alpha value is -3.29. The first-order chi connectivity index (χ1) is 13.9. The van der Waals surface area contributed by atoms with E-state index in [1.807, 2.05) is 12.2 Å². The van der Waals surface area contributed by atoms with Crippen molar-refractivity contribution in [3.8, 4) is 0 Å². The molecular formula is C21H20N2O6. The van der Waals surface area contributed by atoms with Crippen LogP contribution in [0.4, 0.5) is 5.69 Å². The molecule has 1 aromatic carbocycles. The van der Waals surface area contributed by atoms with Gasteiger partial charge in [-0.25, -0.2) is 0 Å². The molecule has 1 aliphatic carbocycles. The average molecular weight is 396 g/mol. The summed E-state index contributed by atoms with van der Waals surface area (Å²) >= 11 is 0. The van der Waals surface area contributed by atoms with Crippen LogP contribution in [0, 0.1) is 11.8 Å². The molecule has 2 aliphatic heterocycles. The Kier molecular flexibility index (Phi) is 4.77. The van der Waals surface area contributed by atoms with Crippen LogP contribution >= 0.6 is 0 Å². The lowest BCUT2D eigenvalue weighted by molar-refractivity contribution is -0.152. The highest BCUT2D eigenvalue weighted by Gasteiger charge is 2.47. The number of ketones is 1. The minimum absolute atomic E-state index is 0.0493. The number of amides is 3. The number of esters is 1. The van der Waals surface area contributed by atoms with Crippen molar-refractivity contribution in [2.45, 2.75) is 19.3 Å². The summed E-state index contributed by atoms with van der Waals surface area (Å²) in [5, 5.41) is 0. The van der Waals surface area contributed by atoms with Gasteiger partial charge in [-0.15, -0.1) is 0 Å². The number of Topliss-reactive ketones (excluding diaryl/α,β-unsaturated/α-hetero) is 1. The topological polar surface area (TPSA) is 101 Å². The van der Waals surface area contributed by atoms with Crippen LogP contribution in [0.2, 0.25) is 0 Å². The third-order valence-corrected chi connectivity index (χ3v) is 5.73. The number of anilines is 1. The zero-order chi connectivity index (χ0) is 20.7. The molecule has 0 saturated carbocycles. The van der Waals surface area contributed by atoms with E-state index >= 15 is 0 Å². The zero-order valence-corrected chi connectivity index (χ0v) is 15.9. The van der Waals surface area contributed by atoms with Gasteiger partial charge in [0.2, 0.25) is 17.7 Å². The highest BCUT2D eigenvalue weighted by atomic mass is 16.5. The van der Waals surface area contributed by atoms with Gasteiger partial charge in [0.15, 0.2) is 12.4 Å². The van der Waals surface area contributed by atoms with Crippen molar-refractivity contribution < 1.29 is 28.7 Å². The fourth-order valence-electron chi connectivity index (χ4n) is 4.07. The van der Waals surface area contributed by atoms with E-state index in [0.717, 1.165) is 16.2 Å². The molecule has 8 nitrogen and oxygen atoms in total. The summed E-state index contributed by atoms with van der Waals surface area (Å²) in [5.41, 5.74) is 1.84. The van der Waals surface area contributed by atoms with E-state index in [1.165, 1.54) is 4.90 Å². The number of imide groups is 1. The number of rotatable bonds is 5. The second-order valence-corrected chi connectivity index (χ2v) is 7.48. The molecule has 2 heterocycles. The van der Waals surface area contributed by atoms with Gasteiger partial charge in [-0.3, -0.25) is 28.9 Å². The van der Waals surface area contributed by atoms with Gasteiger partial charge in [0.05, 0.1) is 18.3 Å². The summed E-state index contributed by atoms with van der Waals surface area (Å²) in [6.45, 7) is -0.979. The molecule has 2 atom stereocenters. The number of carbonyl (C=O) groups is 5. The Bertz CT molecular complexity index is 940. The van der Waals surface area contributed by atoms with E-state index in [1.54, 1.807) is 25.2 Å². The largest absolute Gasteiger partial charge is 0.456 e. The molecule has 0 bridgehead atoms. The maximum atomic E-state index is 12.4. The molecular weight excluding hydrogens is 376 g/mol. The van der Waals surface area contributed by atoms with Gasteiger partial charge in [0.1, 0.15) is 6.54 Å². The van der Waals surface area contributed by atoms with Gasteiger partial charge < -0.3 is 9.64 Å². The average Bonchev–Trinajstić information content (AvgIpc) is 3.14. The van der Waals surface area contributed by atoms with Crippen molar-refractivity contribution in [2.24, 2.45) is 11.8 Å². The lowest BCUT2D eigenvalue weighted by atomic mass is 9.85. The number of carbonyl (C=O) groups excluding carboxylic acids is 5. The van der Waals surface area contributed by atoms with Crippen molar-refractivity contribution in [1.29, 1.82) is 0 Å². The van der Waals surface area contributed by atoms with Crippen LogP contribution in [0.5, 0.6) is 0 Å². The number of likely N-dealkylation sites (N-methyl/N-ethyl adjacent to an activating group) is 1. The lowest BCUT2D eigenvalue weighted by Gasteiger charge is -2.14. The number of likely N-dealkylation sites (tertiary alicyclic amines) is 1. The van der Waals surface area contributed by atoms with Gasteiger partial charge >= 0.3 is 5.97 Å². The standard InChI is InChI=1S/C21H20N2O6/c1-22-16-7-6-12(8-13(16)9-18(22)25)17(24)11-29-19(26)10-23-20(27)14-4-2-3-5-15(14)21(23)28/h2-3,6-8,14-15H,4-5,9-11H2,1H3/t14-,15-/m1/s1. The number of nitrogens with zero attached hydrogens (tertiary/aromatic N) is 2. The normalized spacial score (nSPS) is 22.7. The van der Waals surface area contributed by atoms with E-state index in [-0.39, 0.29) is 24.1 Å². The van der Waals surface area contributed by atoms with Crippen LogP contribution in [0.15, 0.2) is 30.4 Å². The van der Waals surface area contributed by atoms with Crippen molar-refractivity contribution in [2.75, 3.05) is 25.1 Å². The molecule has 0 unspecified atom stereocenters. The summed E-state index contributed by atoms with van der Waals surface area (Å²) in [7, 11) is 1.67. The number of hydrogen-bond donors (Lipinski definition) is 0. The van der Waals surface area contributed by atoms with E-state index in [4.69, 9.17) is 4.74 Å². The number of benzene rings is 1.